The number of aromatic nitrogens is 1. The van der Waals surface area contributed by atoms with E-state index in [1.54, 1.807) is 7.11 Å². The number of hydrogen-bond acceptors (Lipinski definition) is 7. The molecule has 1 aliphatic rings. The lowest BCUT2D eigenvalue weighted by Gasteiger charge is -2.34. The number of piperazine rings is 1. The highest BCUT2D eigenvalue weighted by Crippen LogP contribution is 2.23. The normalized spacial score (nSPS) is 14.1. The second kappa shape index (κ2) is 11.4. The number of carbonyl (C=O) groups is 1. The van der Waals surface area contributed by atoms with Crippen LogP contribution in [0.15, 0.2) is 48.5 Å². The Morgan fingerprint density at radius 2 is 1.53 bits per heavy atom. The molecule has 4 rings (SSSR count). The average Bonchev–Trinajstić information content (AvgIpc) is 3.24. The van der Waals surface area contributed by atoms with Gasteiger partial charge in [-0.3, -0.25) is 9.69 Å². The molecule has 3 aromatic rings. The van der Waals surface area contributed by atoms with E-state index in [0.29, 0.717) is 31.2 Å². The fraction of sp³-hybridized carbons (Fsp3) is 0.385. The Bertz CT molecular complexity index is 1070. The SMILES string of the molecule is COc1ccc(OCCN2CCN(C(=O)c3sc(COc4ccc(C)cc4)nc3C)CC2)cc1. The topological polar surface area (TPSA) is 64.1 Å². The zero-order valence-corrected chi connectivity index (χ0v) is 20.8. The third-order valence-electron chi connectivity index (χ3n) is 5.81. The predicted octanol–water partition coefficient (Wildman–Crippen LogP) is 4.18. The molecule has 1 aliphatic heterocycles. The minimum Gasteiger partial charge on any atom is -0.497 e. The van der Waals surface area contributed by atoms with Crippen LogP contribution < -0.4 is 14.2 Å². The van der Waals surface area contributed by atoms with E-state index in [2.05, 4.69) is 9.88 Å². The van der Waals surface area contributed by atoms with Crippen LogP contribution >= 0.6 is 11.3 Å². The number of ether oxygens (including phenoxy) is 3. The van der Waals surface area contributed by atoms with Crippen LogP contribution in [0.3, 0.4) is 0 Å². The van der Waals surface area contributed by atoms with Gasteiger partial charge in [0.25, 0.3) is 5.91 Å². The van der Waals surface area contributed by atoms with E-state index in [1.165, 1.54) is 16.9 Å². The van der Waals surface area contributed by atoms with Crippen LogP contribution in [-0.2, 0) is 6.61 Å². The number of nitrogens with zero attached hydrogens (tertiary/aromatic N) is 3. The van der Waals surface area contributed by atoms with Crippen LogP contribution in [-0.4, -0.2) is 67.1 Å². The Hall–Kier alpha value is -3.10. The largest absolute Gasteiger partial charge is 0.497 e. The number of thiazole rings is 1. The molecule has 1 saturated heterocycles. The average molecular weight is 482 g/mol. The second-order valence-electron chi connectivity index (χ2n) is 8.28. The van der Waals surface area contributed by atoms with Crippen LogP contribution in [0.25, 0.3) is 0 Å². The van der Waals surface area contributed by atoms with Gasteiger partial charge in [-0.05, 0) is 50.2 Å². The van der Waals surface area contributed by atoms with Crippen molar-refractivity contribution in [1.29, 1.82) is 0 Å². The molecule has 7 nitrogen and oxygen atoms in total. The lowest BCUT2D eigenvalue weighted by atomic mass is 10.2. The zero-order valence-electron chi connectivity index (χ0n) is 20.0. The minimum absolute atomic E-state index is 0.0609. The number of aryl methyl sites for hydroxylation is 2. The zero-order chi connectivity index (χ0) is 23.9. The third-order valence-corrected chi connectivity index (χ3v) is 6.93. The van der Waals surface area contributed by atoms with Gasteiger partial charge in [0.2, 0.25) is 0 Å². The summed E-state index contributed by atoms with van der Waals surface area (Å²) in [6.07, 6.45) is 0. The summed E-state index contributed by atoms with van der Waals surface area (Å²) in [5.74, 6) is 2.51. The third kappa shape index (κ3) is 6.27. The monoisotopic (exact) mass is 481 g/mol. The second-order valence-corrected chi connectivity index (χ2v) is 9.37. The molecule has 8 heteroatoms. The fourth-order valence-electron chi connectivity index (χ4n) is 3.77. The highest BCUT2D eigenvalue weighted by atomic mass is 32.1. The van der Waals surface area contributed by atoms with Gasteiger partial charge in [-0.2, -0.15) is 0 Å². The molecule has 180 valence electrons. The molecular formula is C26H31N3O4S. The predicted molar refractivity (Wildman–Crippen MR) is 133 cm³/mol. The van der Waals surface area contributed by atoms with Crippen LogP contribution in [0, 0.1) is 13.8 Å². The Balaban J connectivity index is 1.22. The summed E-state index contributed by atoms with van der Waals surface area (Å²) in [4.78, 5) is 22.6. The first-order valence-electron chi connectivity index (χ1n) is 11.5. The Morgan fingerprint density at radius 1 is 0.912 bits per heavy atom. The van der Waals surface area contributed by atoms with Gasteiger partial charge >= 0.3 is 0 Å². The van der Waals surface area contributed by atoms with E-state index in [0.717, 1.165) is 47.6 Å². The molecule has 0 unspecified atom stereocenters. The van der Waals surface area contributed by atoms with Crippen molar-refractivity contribution in [3.05, 3.63) is 69.7 Å². The van der Waals surface area contributed by atoms with E-state index in [9.17, 15) is 4.79 Å². The number of methoxy groups -OCH3 is 1. The molecule has 1 fully saturated rings. The summed E-state index contributed by atoms with van der Waals surface area (Å²) in [6.45, 7) is 8.81. The Kier molecular flexibility index (Phi) is 8.03. The van der Waals surface area contributed by atoms with E-state index in [4.69, 9.17) is 14.2 Å². The summed E-state index contributed by atoms with van der Waals surface area (Å²) < 4.78 is 16.8. The van der Waals surface area contributed by atoms with Gasteiger partial charge in [0, 0.05) is 32.7 Å². The van der Waals surface area contributed by atoms with E-state index < -0.39 is 0 Å². The van der Waals surface area contributed by atoms with E-state index >= 15 is 0 Å². The van der Waals surface area contributed by atoms with Crippen LogP contribution in [0.1, 0.15) is 25.9 Å². The standard InChI is InChI=1S/C26H31N3O4S/c1-19-4-6-23(7-5-19)33-18-24-27-20(2)25(34-24)26(30)29-14-12-28(13-15-29)16-17-32-22-10-8-21(31-3)9-11-22/h4-11H,12-18H2,1-3H3. The number of amides is 1. The summed E-state index contributed by atoms with van der Waals surface area (Å²) in [5.41, 5.74) is 1.96. The van der Waals surface area contributed by atoms with Gasteiger partial charge in [0.1, 0.15) is 40.3 Å². The van der Waals surface area contributed by atoms with Crippen molar-refractivity contribution in [2.24, 2.45) is 0 Å². The first-order valence-corrected chi connectivity index (χ1v) is 12.3. The maximum absolute atomic E-state index is 13.1. The molecule has 1 amide bonds. The van der Waals surface area contributed by atoms with Gasteiger partial charge in [-0.15, -0.1) is 11.3 Å². The van der Waals surface area contributed by atoms with Crippen molar-refractivity contribution in [1.82, 2.24) is 14.8 Å². The summed E-state index contributed by atoms with van der Waals surface area (Å²) in [6, 6.07) is 15.5. The van der Waals surface area contributed by atoms with Crippen molar-refractivity contribution in [2.45, 2.75) is 20.5 Å². The molecule has 2 aromatic carbocycles. The van der Waals surface area contributed by atoms with Gasteiger partial charge < -0.3 is 19.1 Å². The quantitative estimate of drug-likeness (QED) is 0.457. The van der Waals surface area contributed by atoms with E-state index in [-0.39, 0.29) is 5.91 Å². The summed E-state index contributed by atoms with van der Waals surface area (Å²) in [7, 11) is 1.65. The van der Waals surface area contributed by atoms with E-state index in [1.807, 2.05) is 67.3 Å². The molecule has 0 bridgehead atoms. The molecule has 2 heterocycles. The lowest BCUT2D eigenvalue weighted by molar-refractivity contribution is 0.0624. The van der Waals surface area contributed by atoms with Crippen LogP contribution in [0.5, 0.6) is 17.2 Å². The van der Waals surface area contributed by atoms with Gasteiger partial charge in [-0.25, -0.2) is 4.98 Å². The molecule has 1 aromatic heterocycles. The van der Waals surface area contributed by atoms with Gasteiger partial charge in [0.05, 0.1) is 12.8 Å². The maximum atomic E-state index is 13.1. The first-order chi connectivity index (χ1) is 16.5. The van der Waals surface area contributed by atoms with Crippen molar-refractivity contribution in [3.8, 4) is 17.2 Å². The highest BCUT2D eigenvalue weighted by molar-refractivity contribution is 7.13. The smallest absolute Gasteiger partial charge is 0.265 e. The van der Waals surface area contributed by atoms with Crippen LogP contribution in [0.4, 0.5) is 0 Å². The van der Waals surface area contributed by atoms with Crippen molar-refractivity contribution in [3.63, 3.8) is 0 Å². The molecule has 0 atom stereocenters. The number of carbonyl (C=O) groups excluding carboxylic acids is 1. The molecule has 34 heavy (non-hydrogen) atoms. The van der Waals surface area contributed by atoms with Crippen LogP contribution in [0.2, 0.25) is 0 Å². The minimum atomic E-state index is 0.0609. The molecule has 0 spiro atoms. The van der Waals surface area contributed by atoms with Crippen molar-refractivity contribution in [2.75, 3.05) is 46.4 Å². The summed E-state index contributed by atoms with van der Waals surface area (Å²) >= 11 is 1.43. The molecule has 0 aliphatic carbocycles. The molecular weight excluding hydrogens is 450 g/mol. The first kappa shape index (κ1) is 24.0. The molecule has 0 N–H and O–H groups in total. The van der Waals surface area contributed by atoms with Gasteiger partial charge in [0.15, 0.2) is 0 Å². The molecule has 0 radical (unpaired) electrons. The van der Waals surface area contributed by atoms with Crippen molar-refractivity contribution >= 4 is 17.2 Å². The van der Waals surface area contributed by atoms with Crippen molar-refractivity contribution < 1.29 is 19.0 Å². The number of benzene rings is 2. The summed E-state index contributed by atoms with van der Waals surface area (Å²) in [5, 5.41) is 0.816. The maximum Gasteiger partial charge on any atom is 0.265 e. The number of rotatable bonds is 9. The molecule has 0 saturated carbocycles. The lowest BCUT2D eigenvalue weighted by Crippen LogP contribution is -2.49. The van der Waals surface area contributed by atoms with Gasteiger partial charge in [-0.1, -0.05) is 17.7 Å². The Morgan fingerprint density at radius 3 is 2.21 bits per heavy atom. The Labute approximate surface area is 204 Å². The fourth-order valence-corrected chi connectivity index (χ4v) is 4.72. The highest BCUT2D eigenvalue weighted by Gasteiger charge is 2.25. The number of hydrogen-bond donors (Lipinski definition) is 0.